The van der Waals surface area contributed by atoms with E-state index in [0.29, 0.717) is 12.2 Å². The number of rotatable bonds is 1. The quantitative estimate of drug-likeness (QED) is 0.666. The Balaban J connectivity index is 1.77. The number of phenolic OH excluding ortho intramolecular Hbond substituents is 2. The molecule has 0 atom stereocenters. The maximum absolute atomic E-state index is 10.1. The van der Waals surface area contributed by atoms with Crippen molar-refractivity contribution in [1.82, 2.24) is 0 Å². The van der Waals surface area contributed by atoms with Gasteiger partial charge in [0.15, 0.2) is 0 Å². The third-order valence-corrected chi connectivity index (χ3v) is 4.49. The minimum atomic E-state index is 0.00406. The number of aryl methyl sites for hydroxylation is 2. The summed E-state index contributed by atoms with van der Waals surface area (Å²) in [6.07, 6.45) is 1.47. The molecule has 3 heteroatoms. The molecule has 0 aliphatic carbocycles. The van der Waals surface area contributed by atoms with Gasteiger partial charge in [0.1, 0.15) is 23.0 Å². The first-order chi connectivity index (χ1) is 11.6. The fourth-order valence-corrected chi connectivity index (χ4v) is 3.12. The van der Waals surface area contributed by atoms with Gasteiger partial charge in [0, 0.05) is 17.7 Å². The summed E-state index contributed by atoms with van der Waals surface area (Å²) in [6, 6.07) is 17.5. The molecule has 0 spiro atoms. The van der Waals surface area contributed by atoms with Gasteiger partial charge in [0.25, 0.3) is 0 Å². The summed E-state index contributed by atoms with van der Waals surface area (Å²) in [5.74, 6) is 1.38. The maximum Gasteiger partial charge on any atom is 0.138 e. The van der Waals surface area contributed by atoms with E-state index in [9.17, 15) is 10.2 Å². The van der Waals surface area contributed by atoms with E-state index < -0.39 is 0 Å². The summed E-state index contributed by atoms with van der Waals surface area (Å²) in [7, 11) is 0. The normalized spacial score (nSPS) is 12.7. The lowest BCUT2D eigenvalue weighted by molar-refractivity contribution is 0.427. The van der Waals surface area contributed by atoms with Crippen molar-refractivity contribution in [3.05, 3.63) is 71.3 Å². The maximum atomic E-state index is 10.1. The summed E-state index contributed by atoms with van der Waals surface area (Å²) >= 11 is 0. The third kappa shape index (κ3) is 2.58. The van der Waals surface area contributed by atoms with Crippen molar-refractivity contribution in [2.75, 3.05) is 0 Å². The van der Waals surface area contributed by atoms with Crippen molar-refractivity contribution < 1.29 is 14.9 Å². The Hall–Kier alpha value is -2.94. The number of ether oxygens (including phenoxy) is 1. The summed E-state index contributed by atoms with van der Waals surface area (Å²) in [5, 5.41) is 19.8. The van der Waals surface area contributed by atoms with Crippen molar-refractivity contribution in [3.63, 3.8) is 0 Å². The Kier molecular flexibility index (Phi) is 3.42. The molecule has 0 unspecified atom stereocenters. The Morgan fingerprint density at radius 3 is 2.33 bits per heavy atom. The van der Waals surface area contributed by atoms with Gasteiger partial charge in [0.05, 0.1) is 0 Å². The van der Waals surface area contributed by atoms with Crippen molar-refractivity contribution in [1.29, 1.82) is 0 Å². The molecule has 24 heavy (non-hydrogen) atoms. The molecule has 2 N–H and O–H groups in total. The number of fused-ring (bicyclic) bond motifs is 2. The highest BCUT2D eigenvalue weighted by atomic mass is 16.5. The molecule has 1 heterocycles. The van der Waals surface area contributed by atoms with Gasteiger partial charge >= 0.3 is 0 Å². The van der Waals surface area contributed by atoms with Gasteiger partial charge in [-0.3, -0.25) is 0 Å². The lowest BCUT2D eigenvalue weighted by atomic mass is 9.99. The third-order valence-electron chi connectivity index (χ3n) is 4.49. The summed E-state index contributed by atoms with van der Waals surface area (Å²) < 4.78 is 6.03. The van der Waals surface area contributed by atoms with Gasteiger partial charge in [-0.1, -0.05) is 42.0 Å². The van der Waals surface area contributed by atoms with E-state index in [-0.39, 0.29) is 11.5 Å². The van der Waals surface area contributed by atoms with Gasteiger partial charge in [-0.05, 0) is 42.5 Å². The minimum Gasteiger partial charge on any atom is -0.508 e. The van der Waals surface area contributed by atoms with Crippen molar-refractivity contribution >= 4 is 0 Å². The van der Waals surface area contributed by atoms with Crippen LogP contribution in [0.5, 0.6) is 23.0 Å². The van der Waals surface area contributed by atoms with E-state index in [4.69, 9.17) is 4.74 Å². The topological polar surface area (TPSA) is 49.7 Å². The summed E-state index contributed by atoms with van der Waals surface area (Å²) in [4.78, 5) is 0. The smallest absolute Gasteiger partial charge is 0.138 e. The van der Waals surface area contributed by atoms with Crippen LogP contribution in [0, 0.1) is 6.92 Å². The van der Waals surface area contributed by atoms with Crippen LogP contribution in [0.3, 0.4) is 0 Å². The number of aromatic hydroxyl groups is 2. The Bertz CT molecular complexity index is 911. The second kappa shape index (κ2) is 5.60. The van der Waals surface area contributed by atoms with Crippen LogP contribution in [0.15, 0.2) is 54.6 Å². The van der Waals surface area contributed by atoms with Crippen LogP contribution in [-0.4, -0.2) is 10.2 Å². The van der Waals surface area contributed by atoms with E-state index in [0.717, 1.165) is 34.4 Å². The largest absolute Gasteiger partial charge is 0.508 e. The molecule has 0 fully saturated rings. The average molecular weight is 318 g/mol. The molecular weight excluding hydrogens is 300 g/mol. The van der Waals surface area contributed by atoms with E-state index in [1.54, 1.807) is 6.07 Å². The molecule has 4 rings (SSSR count). The van der Waals surface area contributed by atoms with Crippen LogP contribution in [0.2, 0.25) is 0 Å². The van der Waals surface area contributed by atoms with Gasteiger partial charge in [0.2, 0.25) is 0 Å². The molecule has 0 saturated heterocycles. The Labute approximate surface area is 140 Å². The molecule has 3 aromatic rings. The fourth-order valence-electron chi connectivity index (χ4n) is 3.12. The van der Waals surface area contributed by atoms with Gasteiger partial charge in [-0.15, -0.1) is 0 Å². The molecule has 120 valence electrons. The molecule has 3 aromatic carbocycles. The predicted molar refractivity (Wildman–Crippen MR) is 93.9 cm³/mol. The standard InChI is InChI=1S/C21H18O3/c1-13-2-4-14(5-3-13)16-7-6-15-8-9-18-19(23)11-17(22)12-21(18)24-20(15)10-16/h2-7,10-12,22-23H,8-9H2,1H3. The summed E-state index contributed by atoms with van der Waals surface area (Å²) in [6.45, 7) is 2.07. The molecule has 0 aromatic heterocycles. The zero-order chi connectivity index (χ0) is 16.7. The zero-order valence-corrected chi connectivity index (χ0v) is 13.4. The van der Waals surface area contributed by atoms with Crippen LogP contribution in [0.1, 0.15) is 16.7 Å². The van der Waals surface area contributed by atoms with E-state index in [1.165, 1.54) is 11.6 Å². The molecule has 1 aliphatic rings. The van der Waals surface area contributed by atoms with Crippen LogP contribution in [-0.2, 0) is 12.8 Å². The monoisotopic (exact) mass is 318 g/mol. The minimum absolute atomic E-state index is 0.00406. The number of phenols is 2. The predicted octanol–water partition coefficient (Wildman–Crippen LogP) is 4.96. The van der Waals surface area contributed by atoms with Crippen molar-refractivity contribution in [2.24, 2.45) is 0 Å². The van der Waals surface area contributed by atoms with Gasteiger partial charge in [-0.25, -0.2) is 0 Å². The lowest BCUT2D eigenvalue weighted by Gasteiger charge is -2.12. The highest BCUT2D eigenvalue weighted by molar-refractivity contribution is 5.67. The van der Waals surface area contributed by atoms with Gasteiger partial charge < -0.3 is 14.9 Å². The molecule has 0 amide bonds. The van der Waals surface area contributed by atoms with Crippen molar-refractivity contribution in [2.45, 2.75) is 19.8 Å². The van der Waals surface area contributed by atoms with E-state index in [2.05, 4.69) is 43.3 Å². The molecule has 1 aliphatic heterocycles. The fraction of sp³-hybridized carbons (Fsp3) is 0.143. The number of hydrogen-bond acceptors (Lipinski definition) is 3. The molecule has 3 nitrogen and oxygen atoms in total. The Morgan fingerprint density at radius 1 is 0.792 bits per heavy atom. The van der Waals surface area contributed by atoms with Crippen LogP contribution < -0.4 is 4.74 Å². The van der Waals surface area contributed by atoms with Gasteiger partial charge in [-0.2, -0.15) is 0 Å². The second-order valence-electron chi connectivity index (χ2n) is 6.23. The second-order valence-corrected chi connectivity index (χ2v) is 6.23. The van der Waals surface area contributed by atoms with Crippen LogP contribution in [0.25, 0.3) is 11.1 Å². The van der Waals surface area contributed by atoms with Crippen LogP contribution in [0.4, 0.5) is 0 Å². The zero-order valence-electron chi connectivity index (χ0n) is 13.4. The average Bonchev–Trinajstić information content (AvgIpc) is 2.73. The lowest BCUT2D eigenvalue weighted by Crippen LogP contribution is -1.89. The molecule has 0 saturated carbocycles. The SMILES string of the molecule is Cc1ccc(-c2ccc3c(c2)Oc2cc(O)cc(O)c2CC3)cc1. The Morgan fingerprint density at radius 2 is 1.54 bits per heavy atom. The molecule has 0 bridgehead atoms. The van der Waals surface area contributed by atoms with E-state index >= 15 is 0 Å². The first-order valence-corrected chi connectivity index (χ1v) is 8.03. The highest BCUT2D eigenvalue weighted by Gasteiger charge is 2.19. The molecular formula is C21H18O3. The van der Waals surface area contributed by atoms with E-state index in [1.807, 2.05) is 6.07 Å². The molecule has 0 radical (unpaired) electrons. The highest BCUT2D eigenvalue weighted by Crippen LogP contribution is 2.41. The first-order valence-electron chi connectivity index (χ1n) is 8.03. The van der Waals surface area contributed by atoms with Crippen molar-refractivity contribution in [3.8, 4) is 34.1 Å². The number of hydrogen-bond donors (Lipinski definition) is 2. The number of benzene rings is 3. The first kappa shape index (κ1) is 14.6. The van der Waals surface area contributed by atoms with Crippen LogP contribution >= 0.6 is 0 Å². The summed E-state index contributed by atoms with van der Waals surface area (Å²) in [5.41, 5.74) is 5.28.